The molecule has 0 aliphatic carbocycles. The molecule has 0 aliphatic heterocycles. The zero-order valence-corrected chi connectivity index (χ0v) is 8.77. The summed E-state index contributed by atoms with van der Waals surface area (Å²) < 4.78 is 4.86. The van der Waals surface area contributed by atoms with E-state index in [4.69, 9.17) is 9.84 Å². The van der Waals surface area contributed by atoms with Gasteiger partial charge < -0.3 is 9.84 Å². The van der Waals surface area contributed by atoms with Crippen LogP contribution in [0.4, 0.5) is 0 Å². The Labute approximate surface area is 92.4 Å². The van der Waals surface area contributed by atoms with Crippen LogP contribution >= 0.6 is 0 Å². The van der Waals surface area contributed by atoms with Gasteiger partial charge in [0.15, 0.2) is 0 Å². The lowest BCUT2D eigenvalue weighted by Crippen LogP contribution is -2.06. The fraction of sp³-hybridized carbons (Fsp3) is 0.182. The number of hydrogen-bond acceptors (Lipinski definition) is 4. The van der Waals surface area contributed by atoms with E-state index >= 15 is 0 Å². The van der Waals surface area contributed by atoms with Crippen LogP contribution in [0.25, 0.3) is 0 Å². The van der Waals surface area contributed by atoms with Gasteiger partial charge in [0.2, 0.25) is 0 Å². The predicted octanol–water partition coefficient (Wildman–Crippen LogP) is 1.40. The molecule has 0 saturated carbocycles. The number of carbonyl (C=O) groups excluding carboxylic acids is 1. The Morgan fingerprint density at radius 3 is 2.62 bits per heavy atom. The first kappa shape index (κ1) is 11.9. The first-order chi connectivity index (χ1) is 7.50. The van der Waals surface area contributed by atoms with Crippen molar-refractivity contribution in [2.45, 2.75) is 13.5 Å². The van der Waals surface area contributed by atoms with Crippen molar-refractivity contribution in [3.05, 3.63) is 41.7 Å². The standard InChI is InChI=1S/C11H11NO4/c1-7(2)11(15)16-6-8-3-4-9(10(13)14)12-5-8/h3-5H,1,6H2,2H3,(H,13,14). The average molecular weight is 221 g/mol. The third kappa shape index (κ3) is 3.20. The molecular formula is C11H11NO4. The maximum Gasteiger partial charge on any atom is 0.354 e. The van der Waals surface area contributed by atoms with Crippen molar-refractivity contribution in [3.63, 3.8) is 0 Å². The summed E-state index contributed by atoms with van der Waals surface area (Å²) in [5, 5.41) is 8.61. The van der Waals surface area contributed by atoms with Gasteiger partial charge in [0.25, 0.3) is 0 Å². The molecule has 0 atom stereocenters. The Kier molecular flexibility index (Phi) is 3.77. The number of carboxylic acids is 1. The third-order valence-electron chi connectivity index (χ3n) is 1.76. The van der Waals surface area contributed by atoms with E-state index in [1.165, 1.54) is 12.3 Å². The van der Waals surface area contributed by atoms with E-state index in [-0.39, 0.29) is 12.3 Å². The van der Waals surface area contributed by atoms with E-state index in [0.29, 0.717) is 11.1 Å². The Morgan fingerprint density at radius 2 is 2.19 bits per heavy atom. The van der Waals surface area contributed by atoms with Crippen LogP contribution in [0.3, 0.4) is 0 Å². The normalized spacial score (nSPS) is 9.56. The van der Waals surface area contributed by atoms with E-state index in [2.05, 4.69) is 11.6 Å². The monoisotopic (exact) mass is 221 g/mol. The number of carbonyl (C=O) groups is 2. The number of hydrogen-bond donors (Lipinski definition) is 1. The second-order valence-electron chi connectivity index (χ2n) is 3.21. The summed E-state index contributed by atoms with van der Waals surface area (Å²) in [6.45, 7) is 5.04. The molecule has 0 bridgehead atoms. The topological polar surface area (TPSA) is 76.5 Å². The molecule has 16 heavy (non-hydrogen) atoms. The van der Waals surface area contributed by atoms with Crippen LogP contribution in [-0.2, 0) is 16.1 Å². The lowest BCUT2D eigenvalue weighted by atomic mass is 10.2. The minimum Gasteiger partial charge on any atom is -0.477 e. The molecule has 1 aromatic heterocycles. The van der Waals surface area contributed by atoms with Gasteiger partial charge in [-0.2, -0.15) is 0 Å². The van der Waals surface area contributed by atoms with E-state index in [1.54, 1.807) is 13.0 Å². The van der Waals surface area contributed by atoms with Crippen molar-refractivity contribution >= 4 is 11.9 Å². The number of nitrogens with zero attached hydrogens (tertiary/aromatic N) is 1. The fourth-order valence-corrected chi connectivity index (χ4v) is 0.908. The van der Waals surface area contributed by atoms with Crippen molar-refractivity contribution in [2.75, 3.05) is 0 Å². The molecule has 5 nitrogen and oxygen atoms in total. The first-order valence-corrected chi connectivity index (χ1v) is 4.51. The van der Waals surface area contributed by atoms with Crippen molar-refractivity contribution in [1.29, 1.82) is 0 Å². The highest BCUT2D eigenvalue weighted by atomic mass is 16.5. The van der Waals surface area contributed by atoms with Gasteiger partial charge in [0.1, 0.15) is 12.3 Å². The second kappa shape index (κ2) is 5.06. The molecule has 1 heterocycles. The Hall–Kier alpha value is -2.17. The predicted molar refractivity (Wildman–Crippen MR) is 55.8 cm³/mol. The second-order valence-corrected chi connectivity index (χ2v) is 3.21. The molecule has 1 aromatic rings. The lowest BCUT2D eigenvalue weighted by molar-refractivity contribution is -0.140. The number of pyridine rings is 1. The van der Waals surface area contributed by atoms with Gasteiger partial charge in [-0.15, -0.1) is 0 Å². The summed E-state index contributed by atoms with van der Waals surface area (Å²) in [6.07, 6.45) is 1.36. The molecule has 0 spiro atoms. The number of aromatic nitrogens is 1. The molecule has 5 heteroatoms. The molecule has 0 unspecified atom stereocenters. The van der Waals surface area contributed by atoms with Crippen LogP contribution in [0.15, 0.2) is 30.5 Å². The zero-order valence-electron chi connectivity index (χ0n) is 8.77. The van der Waals surface area contributed by atoms with Gasteiger partial charge in [0.05, 0.1) is 0 Å². The number of carboxylic acid groups (broad SMARTS) is 1. The summed E-state index contributed by atoms with van der Waals surface area (Å²) in [4.78, 5) is 25.3. The Bertz CT molecular complexity index is 422. The summed E-state index contributed by atoms with van der Waals surface area (Å²) in [6, 6.07) is 2.90. The molecule has 0 saturated heterocycles. The smallest absolute Gasteiger partial charge is 0.354 e. The molecule has 0 aliphatic rings. The van der Waals surface area contributed by atoms with Gasteiger partial charge in [-0.05, 0) is 13.0 Å². The molecule has 0 fully saturated rings. The van der Waals surface area contributed by atoms with E-state index in [0.717, 1.165) is 0 Å². The van der Waals surface area contributed by atoms with Crippen molar-refractivity contribution < 1.29 is 19.4 Å². The summed E-state index contributed by atoms with van der Waals surface area (Å²) in [5.41, 5.74) is 0.893. The molecule has 84 valence electrons. The molecule has 0 amide bonds. The maximum absolute atomic E-state index is 11.1. The molecule has 1 rings (SSSR count). The van der Waals surface area contributed by atoms with Crippen LogP contribution in [0.5, 0.6) is 0 Å². The lowest BCUT2D eigenvalue weighted by Gasteiger charge is -2.03. The van der Waals surface area contributed by atoms with E-state index < -0.39 is 11.9 Å². The minimum atomic E-state index is -1.09. The highest BCUT2D eigenvalue weighted by Gasteiger charge is 2.06. The maximum atomic E-state index is 11.1. The third-order valence-corrected chi connectivity index (χ3v) is 1.76. The Morgan fingerprint density at radius 1 is 1.50 bits per heavy atom. The van der Waals surface area contributed by atoms with Gasteiger partial charge in [0, 0.05) is 17.3 Å². The van der Waals surface area contributed by atoms with Crippen molar-refractivity contribution in [1.82, 2.24) is 4.98 Å². The SMILES string of the molecule is C=C(C)C(=O)OCc1ccc(C(=O)O)nc1. The van der Waals surface area contributed by atoms with Crippen LogP contribution in [0, 0.1) is 0 Å². The summed E-state index contributed by atoms with van der Waals surface area (Å²) in [5.74, 6) is -1.58. The van der Waals surface area contributed by atoms with Crippen LogP contribution in [-0.4, -0.2) is 22.0 Å². The quantitative estimate of drug-likeness (QED) is 0.614. The average Bonchev–Trinajstić information content (AvgIpc) is 2.26. The van der Waals surface area contributed by atoms with Gasteiger partial charge in [-0.25, -0.2) is 14.6 Å². The highest BCUT2D eigenvalue weighted by molar-refractivity contribution is 5.87. The van der Waals surface area contributed by atoms with Crippen molar-refractivity contribution in [3.8, 4) is 0 Å². The van der Waals surface area contributed by atoms with Gasteiger partial charge in [-0.3, -0.25) is 0 Å². The number of rotatable bonds is 4. The molecular weight excluding hydrogens is 210 g/mol. The zero-order chi connectivity index (χ0) is 12.1. The number of esters is 1. The van der Waals surface area contributed by atoms with Gasteiger partial charge >= 0.3 is 11.9 Å². The number of aromatic carboxylic acids is 1. The number of ether oxygens (including phenoxy) is 1. The van der Waals surface area contributed by atoms with E-state index in [1.807, 2.05) is 0 Å². The van der Waals surface area contributed by atoms with E-state index in [9.17, 15) is 9.59 Å². The van der Waals surface area contributed by atoms with Gasteiger partial charge in [-0.1, -0.05) is 12.6 Å². The molecule has 0 radical (unpaired) electrons. The summed E-state index contributed by atoms with van der Waals surface area (Å²) in [7, 11) is 0. The largest absolute Gasteiger partial charge is 0.477 e. The molecule has 0 aromatic carbocycles. The Balaban J connectivity index is 2.59. The van der Waals surface area contributed by atoms with Crippen LogP contribution in [0.2, 0.25) is 0 Å². The summed E-state index contributed by atoms with van der Waals surface area (Å²) >= 11 is 0. The van der Waals surface area contributed by atoms with Crippen LogP contribution < -0.4 is 0 Å². The fourth-order valence-electron chi connectivity index (χ4n) is 0.908. The van der Waals surface area contributed by atoms with Crippen molar-refractivity contribution in [2.24, 2.45) is 0 Å². The molecule has 1 N–H and O–H groups in total. The minimum absolute atomic E-state index is 0.0463. The highest BCUT2D eigenvalue weighted by Crippen LogP contribution is 2.04. The first-order valence-electron chi connectivity index (χ1n) is 4.51. The van der Waals surface area contributed by atoms with Crippen LogP contribution in [0.1, 0.15) is 23.0 Å².